The lowest BCUT2D eigenvalue weighted by Crippen LogP contribution is -2.21. The molecule has 0 saturated carbocycles. The average molecular weight is 273 g/mol. The van der Waals surface area contributed by atoms with Crippen molar-refractivity contribution in [2.45, 2.75) is 6.42 Å². The van der Waals surface area contributed by atoms with Gasteiger partial charge in [0.2, 0.25) is 5.91 Å². The normalized spacial score (nSPS) is 15.2. The highest BCUT2D eigenvalue weighted by atomic mass is 127. The van der Waals surface area contributed by atoms with Gasteiger partial charge in [0.25, 0.3) is 0 Å². The Morgan fingerprint density at radius 2 is 2.25 bits per heavy atom. The molecular formula is C9H8INO. The van der Waals surface area contributed by atoms with Crippen molar-refractivity contribution in [3.05, 3.63) is 27.3 Å². The highest BCUT2D eigenvalue weighted by molar-refractivity contribution is 14.1. The summed E-state index contributed by atoms with van der Waals surface area (Å²) >= 11 is 2.26. The SMILES string of the molecule is CN1C(=O)Cc2cccc(I)c21. The van der Waals surface area contributed by atoms with Crippen LogP contribution < -0.4 is 4.90 Å². The second kappa shape index (κ2) is 2.73. The smallest absolute Gasteiger partial charge is 0.231 e. The third-order valence-corrected chi connectivity index (χ3v) is 2.99. The summed E-state index contributed by atoms with van der Waals surface area (Å²) in [6.07, 6.45) is 0.558. The molecule has 3 heteroatoms. The lowest BCUT2D eigenvalue weighted by Gasteiger charge is -2.11. The Bertz CT molecular complexity index is 348. The van der Waals surface area contributed by atoms with Crippen LogP contribution in [0.1, 0.15) is 5.56 Å². The van der Waals surface area contributed by atoms with Gasteiger partial charge in [-0.05, 0) is 34.2 Å². The Morgan fingerprint density at radius 1 is 1.50 bits per heavy atom. The molecule has 0 atom stereocenters. The first-order chi connectivity index (χ1) is 5.70. The van der Waals surface area contributed by atoms with Crippen LogP contribution in [0, 0.1) is 3.57 Å². The predicted octanol–water partition coefficient (Wildman–Crippen LogP) is 1.81. The third kappa shape index (κ3) is 1.03. The quantitative estimate of drug-likeness (QED) is 0.660. The van der Waals surface area contributed by atoms with Gasteiger partial charge in [-0.3, -0.25) is 4.79 Å². The molecule has 1 aliphatic heterocycles. The molecule has 1 aliphatic rings. The number of nitrogens with zero attached hydrogens (tertiary/aromatic N) is 1. The maximum atomic E-state index is 11.3. The standard InChI is InChI=1S/C9H8INO/c1-11-8(12)5-6-3-2-4-7(10)9(6)11/h2-4H,5H2,1H3. The van der Waals surface area contributed by atoms with Crippen LogP contribution in [0.3, 0.4) is 0 Å². The lowest BCUT2D eigenvalue weighted by atomic mass is 10.2. The zero-order valence-electron chi connectivity index (χ0n) is 6.67. The molecule has 1 amide bonds. The highest BCUT2D eigenvalue weighted by Gasteiger charge is 2.25. The van der Waals surface area contributed by atoms with E-state index in [1.165, 1.54) is 0 Å². The van der Waals surface area contributed by atoms with Crippen LogP contribution in [-0.2, 0) is 11.2 Å². The second-order valence-corrected chi connectivity index (χ2v) is 4.04. The first-order valence-corrected chi connectivity index (χ1v) is 4.82. The number of carbonyl (C=O) groups excluding carboxylic acids is 1. The van der Waals surface area contributed by atoms with Crippen LogP contribution in [0.2, 0.25) is 0 Å². The Kier molecular flexibility index (Phi) is 1.83. The van der Waals surface area contributed by atoms with Crippen molar-refractivity contribution in [3.8, 4) is 0 Å². The van der Waals surface area contributed by atoms with E-state index >= 15 is 0 Å². The average Bonchev–Trinajstić information content (AvgIpc) is 2.29. The fraction of sp³-hybridized carbons (Fsp3) is 0.222. The number of fused-ring (bicyclic) bond motifs is 1. The van der Waals surface area contributed by atoms with Gasteiger partial charge in [0.1, 0.15) is 0 Å². The summed E-state index contributed by atoms with van der Waals surface area (Å²) in [5, 5.41) is 0. The van der Waals surface area contributed by atoms with E-state index in [2.05, 4.69) is 22.6 Å². The molecule has 0 fully saturated rings. The molecule has 62 valence electrons. The Hall–Kier alpha value is -0.580. The number of benzene rings is 1. The van der Waals surface area contributed by atoms with Gasteiger partial charge in [-0.2, -0.15) is 0 Å². The molecule has 0 N–H and O–H groups in total. The van der Waals surface area contributed by atoms with Gasteiger partial charge in [0.15, 0.2) is 0 Å². The number of carbonyl (C=O) groups is 1. The zero-order chi connectivity index (χ0) is 8.72. The molecule has 1 aromatic rings. The van der Waals surface area contributed by atoms with E-state index in [0.717, 1.165) is 14.8 Å². The monoisotopic (exact) mass is 273 g/mol. The van der Waals surface area contributed by atoms with Crippen molar-refractivity contribution in [2.24, 2.45) is 0 Å². The maximum absolute atomic E-state index is 11.3. The van der Waals surface area contributed by atoms with Crippen molar-refractivity contribution < 1.29 is 4.79 Å². The molecule has 0 aliphatic carbocycles. The van der Waals surface area contributed by atoms with Crippen molar-refractivity contribution in [3.63, 3.8) is 0 Å². The molecule has 0 aromatic heterocycles. The largest absolute Gasteiger partial charge is 0.314 e. The number of rotatable bonds is 0. The summed E-state index contributed by atoms with van der Waals surface area (Å²) in [4.78, 5) is 13.0. The minimum Gasteiger partial charge on any atom is -0.314 e. The highest BCUT2D eigenvalue weighted by Crippen LogP contribution is 2.31. The molecule has 0 spiro atoms. The predicted molar refractivity (Wildman–Crippen MR) is 56.3 cm³/mol. The van der Waals surface area contributed by atoms with Gasteiger partial charge in [0.05, 0.1) is 12.1 Å². The molecule has 2 nitrogen and oxygen atoms in total. The number of hydrogen-bond acceptors (Lipinski definition) is 1. The van der Waals surface area contributed by atoms with Crippen LogP contribution in [0.5, 0.6) is 0 Å². The minimum absolute atomic E-state index is 0.189. The van der Waals surface area contributed by atoms with Crippen LogP contribution >= 0.6 is 22.6 Å². The summed E-state index contributed by atoms with van der Waals surface area (Å²) in [7, 11) is 1.83. The molecule has 0 saturated heterocycles. The van der Waals surface area contributed by atoms with Crippen molar-refractivity contribution in [1.29, 1.82) is 0 Å². The molecule has 1 aromatic carbocycles. The van der Waals surface area contributed by atoms with Crippen LogP contribution in [-0.4, -0.2) is 13.0 Å². The van der Waals surface area contributed by atoms with Gasteiger partial charge in [-0.15, -0.1) is 0 Å². The van der Waals surface area contributed by atoms with Crippen molar-refractivity contribution >= 4 is 34.2 Å². The molecular weight excluding hydrogens is 265 g/mol. The first kappa shape index (κ1) is 8.04. The summed E-state index contributed by atoms with van der Waals surface area (Å²) in [5.74, 6) is 0.189. The second-order valence-electron chi connectivity index (χ2n) is 2.88. The van der Waals surface area contributed by atoms with Crippen molar-refractivity contribution in [2.75, 3.05) is 11.9 Å². The number of anilines is 1. The first-order valence-electron chi connectivity index (χ1n) is 3.74. The van der Waals surface area contributed by atoms with Gasteiger partial charge in [-0.25, -0.2) is 0 Å². The maximum Gasteiger partial charge on any atom is 0.231 e. The summed E-state index contributed by atoms with van der Waals surface area (Å²) in [6.45, 7) is 0. The topological polar surface area (TPSA) is 20.3 Å². The minimum atomic E-state index is 0.189. The number of halogens is 1. The van der Waals surface area contributed by atoms with Crippen LogP contribution in [0.4, 0.5) is 5.69 Å². The number of hydrogen-bond donors (Lipinski definition) is 0. The van der Waals surface area contributed by atoms with E-state index in [1.54, 1.807) is 4.90 Å². The number of likely N-dealkylation sites (N-methyl/N-ethyl adjacent to an activating group) is 1. The Balaban J connectivity index is 2.62. The number of para-hydroxylation sites is 1. The summed E-state index contributed by atoms with van der Waals surface area (Å²) in [6, 6.07) is 6.03. The van der Waals surface area contributed by atoms with E-state index in [0.29, 0.717) is 6.42 Å². The molecule has 0 bridgehead atoms. The Labute approximate surface area is 84.7 Å². The zero-order valence-corrected chi connectivity index (χ0v) is 8.83. The van der Waals surface area contributed by atoms with Gasteiger partial charge in [0, 0.05) is 10.6 Å². The molecule has 0 unspecified atom stereocenters. The molecule has 12 heavy (non-hydrogen) atoms. The van der Waals surface area contributed by atoms with Crippen LogP contribution in [0.25, 0.3) is 0 Å². The van der Waals surface area contributed by atoms with E-state index in [-0.39, 0.29) is 5.91 Å². The van der Waals surface area contributed by atoms with E-state index in [9.17, 15) is 4.79 Å². The number of amides is 1. The van der Waals surface area contributed by atoms with E-state index < -0.39 is 0 Å². The molecule has 1 heterocycles. The fourth-order valence-electron chi connectivity index (χ4n) is 1.48. The summed E-state index contributed by atoms with van der Waals surface area (Å²) < 4.78 is 1.15. The molecule has 2 rings (SSSR count). The van der Waals surface area contributed by atoms with Crippen molar-refractivity contribution in [1.82, 2.24) is 0 Å². The summed E-state index contributed by atoms with van der Waals surface area (Å²) in [5.41, 5.74) is 2.23. The lowest BCUT2D eigenvalue weighted by molar-refractivity contribution is -0.117. The van der Waals surface area contributed by atoms with Gasteiger partial charge >= 0.3 is 0 Å². The van der Waals surface area contributed by atoms with E-state index in [4.69, 9.17) is 0 Å². The third-order valence-electron chi connectivity index (χ3n) is 2.12. The molecule has 0 radical (unpaired) electrons. The van der Waals surface area contributed by atoms with Gasteiger partial charge in [-0.1, -0.05) is 12.1 Å². The van der Waals surface area contributed by atoms with Gasteiger partial charge < -0.3 is 4.90 Å². The van der Waals surface area contributed by atoms with E-state index in [1.807, 2.05) is 25.2 Å². The van der Waals surface area contributed by atoms with Crippen LogP contribution in [0.15, 0.2) is 18.2 Å². The fourth-order valence-corrected chi connectivity index (χ4v) is 2.40. The Morgan fingerprint density at radius 3 is 2.92 bits per heavy atom.